The Morgan fingerprint density at radius 3 is 2.58 bits per heavy atom. The van der Waals surface area contributed by atoms with E-state index in [1.54, 1.807) is 15.8 Å². The van der Waals surface area contributed by atoms with Crippen molar-refractivity contribution in [1.82, 2.24) is 24.5 Å². The van der Waals surface area contributed by atoms with E-state index in [4.69, 9.17) is 4.74 Å². The highest BCUT2D eigenvalue weighted by molar-refractivity contribution is 5.81. The Balaban J connectivity index is 2.01. The number of aromatic nitrogens is 4. The molecule has 0 aromatic carbocycles. The Morgan fingerprint density at radius 2 is 1.96 bits per heavy atom. The van der Waals surface area contributed by atoms with Gasteiger partial charge in [0.15, 0.2) is 0 Å². The normalized spacial score (nSPS) is 15.9. The second-order valence-corrected chi connectivity index (χ2v) is 7.03. The van der Waals surface area contributed by atoms with Crippen LogP contribution in [0, 0.1) is 6.92 Å². The predicted molar refractivity (Wildman–Crippen MR) is 88.9 cm³/mol. The van der Waals surface area contributed by atoms with Crippen molar-refractivity contribution in [3.8, 4) is 0 Å². The number of ether oxygens (including phenoxy) is 1. The number of aryl methyl sites for hydroxylation is 1. The number of fused-ring (bicyclic) bond motifs is 1. The van der Waals surface area contributed by atoms with Crippen LogP contribution in [0.2, 0.25) is 0 Å². The molecule has 1 fully saturated rings. The average molecular weight is 333 g/mol. The van der Waals surface area contributed by atoms with Crippen molar-refractivity contribution in [3.63, 3.8) is 0 Å². The molecule has 24 heavy (non-hydrogen) atoms. The molecule has 130 valence electrons. The van der Waals surface area contributed by atoms with Gasteiger partial charge in [0.2, 0.25) is 5.91 Å². The molecular formula is C16H23N5O3. The van der Waals surface area contributed by atoms with Crippen LogP contribution in [0.1, 0.15) is 26.5 Å². The van der Waals surface area contributed by atoms with Crippen molar-refractivity contribution >= 4 is 16.8 Å². The Bertz CT molecular complexity index is 825. The molecule has 0 aliphatic carbocycles. The van der Waals surface area contributed by atoms with E-state index in [0.717, 1.165) is 5.39 Å². The summed E-state index contributed by atoms with van der Waals surface area (Å²) in [6.45, 7) is 9.88. The van der Waals surface area contributed by atoms with E-state index >= 15 is 0 Å². The molecule has 0 N–H and O–H groups in total. The maximum absolute atomic E-state index is 12.9. The Labute approximate surface area is 140 Å². The monoisotopic (exact) mass is 333 g/mol. The fourth-order valence-electron chi connectivity index (χ4n) is 2.88. The van der Waals surface area contributed by atoms with Gasteiger partial charge in [-0.1, -0.05) is 0 Å². The second-order valence-electron chi connectivity index (χ2n) is 7.03. The molecule has 2 aromatic rings. The van der Waals surface area contributed by atoms with E-state index in [1.165, 1.54) is 4.68 Å². The van der Waals surface area contributed by atoms with Gasteiger partial charge in [0.25, 0.3) is 5.56 Å². The first-order valence-corrected chi connectivity index (χ1v) is 8.10. The molecule has 1 amide bonds. The number of carbonyl (C=O) groups is 1. The molecule has 8 nitrogen and oxygen atoms in total. The van der Waals surface area contributed by atoms with E-state index in [1.807, 2.05) is 27.7 Å². The van der Waals surface area contributed by atoms with Crippen LogP contribution in [0.3, 0.4) is 0 Å². The molecule has 3 heterocycles. The van der Waals surface area contributed by atoms with Gasteiger partial charge in [-0.05, 0) is 27.7 Å². The number of hydrogen-bond acceptors (Lipinski definition) is 5. The van der Waals surface area contributed by atoms with Crippen LogP contribution in [0.4, 0.5) is 0 Å². The van der Waals surface area contributed by atoms with Crippen LogP contribution in [-0.4, -0.2) is 56.7 Å². The van der Waals surface area contributed by atoms with Gasteiger partial charge in [-0.3, -0.25) is 14.3 Å². The molecule has 8 heteroatoms. The minimum Gasteiger partial charge on any atom is -0.378 e. The van der Waals surface area contributed by atoms with Gasteiger partial charge in [0.1, 0.15) is 12.1 Å². The summed E-state index contributed by atoms with van der Waals surface area (Å²) in [5, 5.41) is 9.38. The highest BCUT2D eigenvalue weighted by Gasteiger charge is 2.23. The largest absolute Gasteiger partial charge is 0.378 e. The number of carbonyl (C=O) groups excluding carboxylic acids is 1. The predicted octanol–water partition coefficient (Wildman–Crippen LogP) is 0.515. The summed E-state index contributed by atoms with van der Waals surface area (Å²) >= 11 is 0. The summed E-state index contributed by atoms with van der Waals surface area (Å²) in [6, 6.07) is 0. The minimum absolute atomic E-state index is 0.0645. The second kappa shape index (κ2) is 6.01. The van der Waals surface area contributed by atoms with Crippen LogP contribution in [0.15, 0.2) is 11.0 Å². The molecule has 0 radical (unpaired) electrons. The zero-order chi connectivity index (χ0) is 17.5. The quantitative estimate of drug-likeness (QED) is 0.800. The molecule has 0 spiro atoms. The number of nitrogens with zero attached hydrogens (tertiary/aromatic N) is 5. The van der Waals surface area contributed by atoms with Crippen LogP contribution >= 0.6 is 0 Å². The fourth-order valence-corrected chi connectivity index (χ4v) is 2.88. The highest BCUT2D eigenvalue weighted by atomic mass is 16.5. The van der Waals surface area contributed by atoms with Crippen molar-refractivity contribution in [2.75, 3.05) is 26.3 Å². The SMILES string of the molecule is Cc1nn(CC(=O)N2CCOCC2)c(=O)c2c1cnn2C(C)(C)C. The number of amides is 1. The van der Waals surface area contributed by atoms with Crippen molar-refractivity contribution in [1.29, 1.82) is 0 Å². The first-order valence-electron chi connectivity index (χ1n) is 8.10. The third-order valence-corrected chi connectivity index (χ3v) is 4.15. The van der Waals surface area contributed by atoms with E-state index in [0.29, 0.717) is 37.5 Å². The summed E-state index contributed by atoms with van der Waals surface area (Å²) in [6.07, 6.45) is 1.67. The van der Waals surface area contributed by atoms with Crippen molar-refractivity contribution < 1.29 is 9.53 Å². The summed E-state index contributed by atoms with van der Waals surface area (Å²) in [5.74, 6) is -0.117. The van der Waals surface area contributed by atoms with Gasteiger partial charge in [0, 0.05) is 18.5 Å². The molecule has 1 aliphatic rings. The molecule has 3 rings (SSSR count). The Morgan fingerprint density at radius 1 is 1.29 bits per heavy atom. The lowest BCUT2D eigenvalue weighted by molar-refractivity contribution is -0.136. The van der Waals surface area contributed by atoms with Gasteiger partial charge in [-0.2, -0.15) is 10.2 Å². The van der Waals surface area contributed by atoms with Crippen molar-refractivity contribution in [2.24, 2.45) is 0 Å². The third kappa shape index (κ3) is 2.93. The molecule has 0 bridgehead atoms. The molecular weight excluding hydrogens is 310 g/mol. The molecule has 2 aromatic heterocycles. The number of rotatable bonds is 2. The molecule has 1 aliphatic heterocycles. The lowest BCUT2D eigenvalue weighted by Gasteiger charge is -2.27. The van der Waals surface area contributed by atoms with Gasteiger partial charge < -0.3 is 9.64 Å². The summed E-state index contributed by atoms with van der Waals surface area (Å²) in [7, 11) is 0. The first-order chi connectivity index (χ1) is 11.3. The zero-order valence-corrected chi connectivity index (χ0v) is 14.6. The van der Waals surface area contributed by atoms with Gasteiger partial charge in [-0.25, -0.2) is 4.68 Å². The number of hydrogen-bond donors (Lipinski definition) is 0. The topological polar surface area (TPSA) is 82.2 Å². The van der Waals surface area contributed by atoms with Gasteiger partial charge in [0.05, 0.1) is 30.6 Å². The van der Waals surface area contributed by atoms with E-state index in [2.05, 4.69) is 10.2 Å². The standard InChI is InChI=1S/C16H23N5O3/c1-11-12-9-17-21(16(2,3)4)14(12)15(23)20(18-11)10-13(22)19-5-7-24-8-6-19/h9H,5-8,10H2,1-4H3. The van der Waals surface area contributed by atoms with Gasteiger partial charge >= 0.3 is 0 Å². The highest BCUT2D eigenvalue weighted by Crippen LogP contribution is 2.20. The Kier molecular flexibility index (Phi) is 4.16. The third-order valence-electron chi connectivity index (χ3n) is 4.15. The number of morpholine rings is 1. The summed E-state index contributed by atoms with van der Waals surface area (Å²) in [5.41, 5.74) is 0.560. The Hall–Kier alpha value is -2.22. The maximum Gasteiger partial charge on any atom is 0.293 e. The lowest BCUT2D eigenvalue weighted by atomic mass is 10.1. The van der Waals surface area contributed by atoms with Crippen LogP contribution in [0.5, 0.6) is 0 Å². The zero-order valence-electron chi connectivity index (χ0n) is 14.6. The lowest BCUT2D eigenvalue weighted by Crippen LogP contribution is -2.44. The van der Waals surface area contributed by atoms with E-state index in [9.17, 15) is 9.59 Å². The summed E-state index contributed by atoms with van der Waals surface area (Å²) < 4.78 is 8.21. The van der Waals surface area contributed by atoms with Crippen LogP contribution in [-0.2, 0) is 21.6 Å². The van der Waals surface area contributed by atoms with E-state index < -0.39 is 0 Å². The molecule has 0 unspecified atom stereocenters. The minimum atomic E-state index is -0.333. The van der Waals surface area contributed by atoms with Crippen LogP contribution in [0.25, 0.3) is 10.9 Å². The molecule has 1 saturated heterocycles. The smallest absolute Gasteiger partial charge is 0.293 e. The molecule has 0 atom stereocenters. The summed E-state index contributed by atoms with van der Waals surface area (Å²) in [4.78, 5) is 27.0. The average Bonchev–Trinajstić information content (AvgIpc) is 2.99. The van der Waals surface area contributed by atoms with Crippen molar-refractivity contribution in [2.45, 2.75) is 39.8 Å². The maximum atomic E-state index is 12.9. The van der Waals surface area contributed by atoms with Crippen LogP contribution < -0.4 is 5.56 Å². The van der Waals surface area contributed by atoms with E-state index in [-0.39, 0.29) is 23.6 Å². The van der Waals surface area contributed by atoms with Crippen molar-refractivity contribution in [3.05, 3.63) is 22.2 Å². The first kappa shape index (κ1) is 16.6. The molecule has 0 saturated carbocycles. The fraction of sp³-hybridized carbons (Fsp3) is 0.625. The van der Waals surface area contributed by atoms with Gasteiger partial charge in [-0.15, -0.1) is 0 Å².